The maximum Gasteiger partial charge on any atom is 0.123 e. The summed E-state index contributed by atoms with van der Waals surface area (Å²) in [6.07, 6.45) is -1.20. The zero-order valence-corrected chi connectivity index (χ0v) is 13.6. The topological polar surface area (TPSA) is 43.7 Å². The standard InChI is InChI=1S/C19H24FNO2/c1-14(13-21(2)17-6-4-3-5-7-17)18(22)12-19(23)15-8-10-16(20)11-9-15/h3-11,14,18-19,22-23H,12-13H2,1-2H3. The van der Waals surface area contributed by atoms with E-state index < -0.39 is 12.2 Å². The van der Waals surface area contributed by atoms with Crippen LogP contribution < -0.4 is 4.90 Å². The maximum atomic E-state index is 12.9. The summed E-state index contributed by atoms with van der Waals surface area (Å²) in [6, 6.07) is 15.7. The molecule has 3 atom stereocenters. The summed E-state index contributed by atoms with van der Waals surface area (Å²) in [6.45, 7) is 2.64. The lowest BCUT2D eigenvalue weighted by Crippen LogP contribution is -2.32. The molecule has 4 heteroatoms. The lowest BCUT2D eigenvalue weighted by atomic mass is 9.95. The Balaban J connectivity index is 1.89. The molecular formula is C19H24FNO2. The minimum absolute atomic E-state index is 0.00435. The number of hydrogen-bond acceptors (Lipinski definition) is 3. The molecule has 0 amide bonds. The van der Waals surface area contributed by atoms with Gasteiger partial charge in [0.25, 0.3) is 0 Å². The second-order valence-electron chi connectivity index (χ2n) is 6.06. The van der Waals surface area contributed by atoms with E-state index in [0.717, 1.165) is 5.69 Å². The Morgan fingerprint density at radius 2 is 1.61 bits per heavy atom. The van der Waals surface area contributed by atoms with Crippen molar-refractivity contribution in [3.05, 3.63) is 66.0 Å². The normalized spacial score (nSPS) is 15.0. The number of benzene rings is 2. The van der Waals surface area contributed by atoms with Gasteiger partial charge in [-0.05, 0) is 35.7 Å². The number of aliphatic hydroxyl groups is 2. The first-order valence-corrected chi connectivity index (χ1v) is 7.85. The fourth-order valence-corrected chi connectivity index (χ4v) is 2.62. The van der Waals surface area contributed by atoms with Crippen LogP contribution in [0.25, 0.3) is 0 Å². The largest absolute Gasteiger partial charge is 0.393 e. The molecule has 2 aromatic carbocycles. The Bertz CT molecular complexity index is 588. The highest BCUT2D eigenvalue weighted by Gasteiger charge is 2.21. The van der Waals surface area contributed by atoms with Crippen LogP contribution in [-0.4, -0.2) is 29.9 Å². The van der Waals surface area contributed by atoms with Crippen LogP contribution in [-0.2, 0) is 0 Å². The summed E-state index contributed by atoms with van der Waals surface area (Å²) < 4.78 is 12.9. The van der Waals surface area contributed by atoms with Gasteiger partial charge in [-0.2, -0.15) is 0 Å². The molecule has 0 saturated carbocycles. The van der Waals surface area contributed by atoms with Crippen LogP contribution in [0.1, 0.15) is 25.0 Å². The van der Waals surface area contributed by atoms with Crippen LogP contribution in [0.4, 0.5) is 10.1 Å². The highest BCUT2D eigenvalue weighted by molar-refractivity contribution is 5.45. The molecule has 0 aromatic heterocycles. The molecule has 0 radical (unpaired) electrons. The smallest absolute Gasteiger partial charge is 0.123 e. The fourth-order valence-electron chi connectivity index (χ4n) is 2.62. The number of hydrogen-bond donors (Lipinski definition) is 2. The van der Waals surface area contributed by atoms with Gasteiger partial charge in [-0.25, -0.2) is 4.39 Å². The van der Waals surface area contributed by atoms with Crippen molar-refractivity contribution in [3.8, 4) is 0 Å². The lowest BCUT2D eigenvalue weighted by Gasteiger charge is -2.27. The molecule has 0 aliphatic rings. The van der Waals surface area contributed by atoms with E-state index in [2.05, 4.69) is 4.90 Å². The van der Waals surface area contributed by atoms with Crippen molar-refractivity contribution in [2.45, 2.75) is 25.6 Å². The van der Waals surface area contributed by atoms with E-state index in [9.17, 15) is 14.6 Å². The molecule has 0 bridgehead atoms. The third-order valence-electron chi connectivity index (χ3n) is 4.14. The molecule has 2 N–H and O–H groups in total. The molecule has 0 aliphatic heterocycles. The van der Waals surface area contributed by atoms with E-state index in [4.69, 9.17) is 0 Å². The molecule has 0 aliphatic carbocycles. The lowest BCUT2D eigenvalue weighted by molar-refractivity contribution is 0.0502. The summed E-state index contributed by atoms with van der Waals surface area (Å²) in [5.74, 6) is -0.338. The van der Waals surface area contributed by atoms with Crippen molar-refractivity contribution in [1.29, 1.82) is 0 Å². The average molecular weight is 317 g/mol. The number of aliphatic hydroxyl groups excluding tert-OH is 2. The zero-order chi connectivity index (χ0) is 16.8. The fraction of sp³-hybridized carbons (Fsp3) is 0.368. The van der Waals surface area contributed by atoms with Gasteiger partial charge in [-0.15, -0.1) is 0 Å². The molecule has 0 fully saturated rings. The predicted molar refractivity (Wildman–Crippen MR) is 90.9 cm³/mol. The van der Waals surface area contributed by atoms with Crippen LogP contribution in [0.2, 0.25) is 0 Å². The van der Waals surface area contributed by atoms with Crippen molar-refractivity contribution in [3.63, 3.8) is 0 Å². The van der Waals surface area contributed by atoms with E-state index in [1.165, 1.54) is 12.1 Å². The Hall–Kier alpha value is -1.91. The predicted octanol–water partition coefficient (Wildman–Crippen LogP) is 3.38. The minimum atomic E-state index is -0.796. The van der Waals surface area contributed by atoms with Crippen molar-refractivity contribution >= 4 is 5.69 Å². The van der Waals surface area contributed by atoms with Crippen molar-refractivity contribution < 1.29 is 14.6 Å². The van der Waals surface area contributed by atoms with Gasteiger partial charge < -0.3 is 15.1 Å². The first-order valence-electron chi connectivity index (χ1n) is 7.85. The number of anilines is 1. The quantitative estimate of drug-likeness (QED) is 0.823. The minimum Gasteiger partial charge on any atom is -0.393 e. The van der Waals surface area contributed by atoms with Gasteiger partial charge in [0.15, 0.2) is 0 Å². The molecule has 0 heterocycles. The Labute approximate surface area is 137 Å². The zero-order valence-electron chi connectivity index (χ0n) is 13.6. The van der Waals surface area contributed by atoms with Crippen molar-refractivity contribution in [2.24, 2.45) is 5.92 Å². The average Bonchev–Trinajstić information content (AvgIpc) is 2.56. The Morgan fingerprint density at radius 3 is 2.22 bits per heavy atom. The number of rotatable bonds is 7. The van der Waals surface area contributed by atoms with E-state index in [-0.39, 0.29) is 18.2 Å². The van der Waals surface area contributed by atoms with Gasteiger partial charge in [0.1, 0.15) is 5.82 Å². The summed E-state index contributed by atoms with van der Waals surface area (Å²) in [4.78, 5) is 2.08. The van der Waals surface area contributed by atoms with E-state index >= 15 is 0 Å². The van der Waals surface area contributed by atoms with Crippen molar-refractivity contribution in [1.82, 2.24) is 0 Å². The van der Waals surface area contributed by atoms with Gasteiger partial charge in [0.2, 0.25) is 0 Å². The van der Waals surface area contributed by atoms with Gasteiger partial charge in [-0.3, -0.25) is 0 Å². The molecule has 2 rings (SSSR count). The second-order valence-corrected chi connectivity index (χ2v) is 6.06. The number of para-hydroxylation sites is 1. The van der Waals surface area contributed by atoms with Crippen LogP contribution in [0.15, 0.2) is 54.6 Å². The maximum absolute atomic E-state index is 12.9. The van der Waals surface area contributed by atoms with Gasteiger partial charge >= 0.3 is 0 Å². The highest BCUT2D eigenvalue weighted by atomic mass is 19.1. The van der Waals surface area contributed by atoms with Crippen molar-refractivity contribution in [2.75, 3.05) is 18.5 Å². The number of nitrogens with zero attached hydrogens (tertiary/aromatic N) is 1. The first kappa shape index (κ1) is 17.4. The molecule has 0 saturated heterocycles. The summed E-state index contributed by atoms with van der Waals surface area (Å²) in [7, 11) is 1.98. The highest BCUT2D eigenvalue weighted by Crippen LogP contribution is 2.23. The van der Waals surface area contributed by atoms with E-state index in [0.29, 0.717) is 12.1 Å². The molecular weight excluding hydrogens is 293 g/mol. The molecule has 23 heavy (non-hydrogen) atoms. The molecule has 124 valence electrons. The van der Waals surface area contributed by atoms with E-state index in [1.54, 1.807) is 12.1 Å². The third-order valence-corrected chi connectivity index (χ3v) is 4.14. The van der Waals surface area contributed by atoms with Gasteiger partial charge in [0.05, 0.1) is 12.2 Å². The summed E-state index contributed by atoms with van der Waals surface area (Å²) in [5, 5.41) is 20.5. The van der Waals surface area contributed by atoms with E-state index in [1.807, 2.05) is 44.3 Å². The molecule has 2 aromatic rings. The van der Waals surface area contributed by atoms with Crippen LogP contribution in [0, 0.1) is 11.7 Å². The molecule has 0 spiro atoms. The van der Waals surface area contributed by atoms with Gasteiger partial charge in [-0.1, -0.05) is 37.3 Å². The second kappa shape index (κ2) is 8.09. The molecule has 3 unspecified atom stereocenters. The number of halogens is 1. The monoisotopic (exact) mass is 317 g/mol. The first-order chi connectivity index (χ1) is 11.0. The Kier molecular flexibility index (Phi) is 6.13. The molecule has 3 nitrogen and oxygen atoms in total. The van der Waals surface area contributed by atoms with Crippen LogP contribution >= 0.6 is 0 Å². The van der Waals surface area contributed by atoms with Crippen LogP contribution in [0.3, 0.4) is 0 Å². The van der Waals surface area contributed by atoms with Gasteiger partial charge in [0, 0.05) is 25.7 Å². The third kappa shape index (κ3) is 5.05. The summed E-state index contributed by atoms with van der Waals surface area (Å²) >= 11 is 0. The SMILES string of the molecule is CC(CN(C)c1ccccc1)C(O)CC(O)c1ccc(F)cc1. The Morgan fingerprint density at radius 1 is 1.00 bits per heavy atom. The summed E-state index contributed by atoms with van der Waals surface area (Å²) in [5.41, 5.74) is 1.71. The van der Waals surface area contributed by atoms with Crippen LogP contribution in [0.5, 0.6) is 0 Å².